The molecule has 1 aromatic heterocycles. The fourth-order valence-corrected chi connectivity index (χ4v) is 3.13. The number of rotatable bonds is 4. The van der Waals surface area contributed by atoms with Gasteiger partial charge in [0.1, 0.15) is 10.4 Å². The summed E-state index contributed by atoms with van der Waals surface area (Å²) < 4.78 is 6.20. The van der Waals surface area contributed by atoms with Crippen molar-refractivity contribution < 1.29 is 9.53 Å². The third kappa shape index (κ3) is 3.43. The molecule has 24 heavy (non-hydrogen) atoms. The number of hydrogen-bond donors (Lipinski definition) is 1. The van der Waals surface area contributed by atoms with Crippen LogP contribution in [0.5, 0.6) is 5.75 Å². The van der Waals surface area contributed by atoms with Gasteiger partial charge in [0.05, 0.1) is 17.9 Å². The maximum atomic E-state index is 12.6. The number of piperazine rings is 1. The monoisotopic (exact) mass is 343 g/mol. The fourth-order valence-electron chi connectivity index (χ4n) is 2.91. The van der Waals surface area contributed by atoms with E-state index >= 15 is 0 Å². The summed E-state index contributed by atoms with van der Waals surface area (Å²) in [6.07, 6.45) is 1.74. The number of carbonyl (C=O) groups is 1. The van der Waals surface area contributed by atoms with Crippen LogP contribution in [-0.4, -0.2) is 48.6 Å². The number of aromatic nitrogens is 1. The molecule has 126 valence electrons. The van der Waals surface area contributed by atoms with Crippen LogP contribution in [0.25, 0.3) is 0 Å². The number of H-pyrrole nitrogens is 1. The maximum absolute atomic E-state index is 12.6. The van der Waals surface area contributed by atoms with Gasteiger partial charge < -0.3 is 19.5 Å². The molecule has 1 aliphatic rings. The van der Waals surface area contributed by atoms with Gasteiger partial charge in [-0.1, -0.05) is 24.4 Å². The van der Waals surface area contributed by atoms with E-state index in [1.165, 1.54) is 0 Å². The number of pyridine rings is 1. The molecule has 0 spiro atoms. The Bertz CT molecular complexity index is 767. The molecule has 1 N–H and O–H groups in total. The van der Waals surface area contributed by atoms with Crippen LogP contribution in [0.3, 0.4) is 0 Å². The van der Waals surface area contributed by atoms with Gasteiger partial charge in [0.15, 0.2) is 0 Å². The van der Waals surface area contributed by atoms with Crippen LogP contribution >= 0.6 is 12.2 Å². The molecule has 0 radical (unpaired) electrons. The standard InChI is InChI=1S/C18H21N3O2S/c1-2-23-16-8-4-3-7-15(16)20-10-12-21(13-11-20)18(22)14-6-5-9-19-17(14)24/h3-9H,2,10-13H2,1H3,(H,19,24). The lowest BCUT2D eigenvalue weighted by Gasteiger charge is -2.36. The summed E-state index contributed by atoms with van der Waals surface area (Å²) in [5.41, 5.74) is 1.65. The number of nitrogens with one attached hydrogen (secondary N) is 1. The first-order valence-corrected chi connectivity index (χ1v) is 8.55. The Balaban J connectivity index is 1.69. The molecule has 1 saturated heterocycles. The topological polar surface area (TPSA) is 48.6 Å². The molecule has 6 heteroatoms. The van der Waals surface area contributed by atoms with Gasteiger partial charge in [-0.25, -0.2) is 0 Å². The van der Waals surface area contributed by atoms with Gasteiger partial charge in [-0.2, -0.15) is 0 Å². The van der Waals surface area contributed by atoms with Crippen molar-refractivity contribution in [1.82, 2.24) is 9.88 Å². The number of amides is 1. The Labute approximate surface area is 146 Å². The van der Waals surface area contributed by atoms with E-state index in [-0.39, 0.29) is 5.91 Å². The van der Waals surface area contributed by atoms with Crippen molar-refractivity contribution in [2.45, 2.75) is 6.92 Å². The number of ether oxygens (including phenoxy) is 1. The van der Waals surface area contributed by atoms with Crippen molar-refractivity contribution in [2.24, 2.45) is 0 Å². The molecule has 1 aromatic carbocycles. The fraction of sp³-hybridized carbons (Fsp3) is 0.333. The highest BCUT2D eigenvalue weighted by Crippen LogP contribution is 2.29. The molecular weight excluding hydrogens is 322 g/mol. The van der Waals surface area contributed by atoms with Crippen molar-refractivity contribution in [2.75, 3.05) is 37.7 Å². The second-order valence-corrected chi connectivity index (χ2v) is 6.00. The smallest absolute Gasteiger partial charge is 0.256 e. The van der Waals surface area contributed by atoms with Crippen LogP contribution in [0.2, 0.25) is 0 Å². The van der Waals surface area contributed by atoms with Gasteiger partial charge in [-0.15, -0.1) is 0 Å². The number of benzene rings is 1. The van der Waals surface area contributed by atoms with Gasteiger partial charge in [0.2, 0.25) is 0 Å². The summed E-state index contributed by atoms with van der Waals surface area (Å²) >= 11 is 5.21. The van der Waals surface area contributed by atoms with Gasteiger partial charge in [-0.3, -0.25) is 4.79 Å². The van der Waals surface area contributed by atoms with Gasteiger partial charge in [0.25, 0.3) is 5.91 Å². The third-order valence-corrected chi connectivity index (χ3v) is 4.46. The molecule has 1 amide bonds. The van der Waals surface area contributed by atoms with E-state index in [1.54, 1.807) is 18.3 Å². The molecule has 3 rings (SSSR count). The predicted molar refractivity (Wildman–Crippen MR) is 97.4 cm³/mol. The third-order valence-electron chi connectivity index (χ3n) is 4.12. The highest BCUT2D eigenvalue weighted by Gasteiger charge is 2.24. The van der Waals surface area contributed by atoms with Crippen LogP contribution in [0.4, 0.5) is 5.69 Å². The number of hydrogen-bond acceptors (Lipinski definition) is 4. The van der Waals surface area contributed by atoms with Crippen LogP contribution in [-0.2, 0) is 0 Å². The molecule has 2 heterocycles. The van der Waals surface area contributed by atoms with Crippen molar-refractivity contribution >= 4 is 23.8 Å². The lowest BCUT2D eigenvalue weighted by atomic mass is 10.2. The Morgan fingerprint density at radius 3 is 2.62 bits per heavy atom. The molecule has 0 saturated carbocycles. The lowest BCUT2D eigenvalue weighted by Crippen LogP contribution is -2.49. The Hall–Kier alpha value is -2.34. The summed E-state index contributed by atoms with van der Waals surface area (Å²) in [5, 5.41) is 0. The summed E-state index contributed by atoms with van der Waals surface area (Å²) in [7, 11) is 0. The largest absolute Gasteiger partial charge is 0.492 e. The average molecular weight is 343 g/mol. The molecular formula is C18H21N3O2S. The van der Waals surface area contributed by atoms with E-state index in [0.717, 1.165) is 24.5 Å². The lowest BCUT2D eigenvalue weighted by molar-refractivity contribution is 0.0745. The Morgan fingerprint density at radius 2 is 1.92 bits per heavy atom. The molecule has 1 aliphatic heterocycles. The molecule has 0 bridgehead atoms. The van der Waals surface area contributed by atoms with Crippen molar-refractivity contribution in [3.8, 4) is 5.75 Å². The van der Waals surface area contributed by atoms with Crippen molar-refractivity contribution in [3.63, 3.8) is 0 Å². The molecule has 2 aromatic rings. The minimum atomic E-state index is -0.00501. The minimum absolute atomic E-state index is 0.00501. The van der Waals surface area contributed by atoms with E-state index in [4.69, 9.17) is 17.0 Å². The zero-order valence-electron chi connectivity index (χ0n) is 13.7. The summed E-state index contributed by atoms with van der Waals surface area (Å²) in [6.45, 7) is 5.52. The highest BCUT2D eigenvalue weighted by atomic mass is 32.1. The highest BCUT2D eigenvalue weighted by molar-refractivity contribution is 7.71. The quantitative estimate of drug-likeness (QED) is 0.867. The first-order chi connectivity index (χ1) is 11.7. The van der Waals surface area contributed by atoms with E-state index in [1.807, 2.05) is 30.0 Å². The van der Waals surface area contributed by atoms with Crippen LogP contribution < -0.4 is 9.64 Å². The zero-order chi connectivity index (χ0) is 16.9. The molecule has 0 atom stereocenters. The summed E-state index contributed by atoms with van der Waals surface area (Å²) in [4.78, 5) is 19.7. The van der Waals surface area contributed by atoms with E-state index in [2.05, 4.69) is 16.0 Å². The molecule has 0 unspecified atom stereocenters. The first kappa shape index (κ1) is 16.5. The summed E-state index contributed by atoms with van der Waals surface area (Å²) in [6, 6.07) is 11.6. The second kappa shape index (κ2) is 7.49. The van der Waals surface area contributed by atoms with E-state index < -0.39 is 0 Å². The van der Waals surface area contributed by atoms with Crippen LogP contribution in [0, 0.1) is 4.64 Å². The zero-order valence-corrected chi connectivity index (χ0v) is 14.5. The SMILES string of the molecule is CCOc1ccccc1N1CCN(C(=O)c2ccc[nH]c2=S)CC1. The molecule has 1 fully saturated rings. The van der Waals surface area contributed by atoms with Crippen LogP contribution in [0.15, 0.2) is 42.6 Å². The first-order valence-electron chi connectivity index (χ1n) is 8.14. The number of carbonyl (C=O) groups excluding carboxylic acids is 1. The normalized spacial score (nSPS) is 14.5. The second-order valence-electron chi connectivity index (χ2n) is 5.59. The molecule has 0 aliphatic carbocycles. The van der Waals surface area contributed by atoms with Gasteiger partial charge in [0, 0.05) is 32.4 Å². The maximum Gasteiger partial charge on any atom is 0.256 e. The van der Waals surface area contributed by atoms with Crippen molar-refractivity contribution in [1.29, 1.82) is 0 Å². The Kier molecular flexibility index (Phi) is 5.15. The van der Waals surface area contributed by atoms with E-state index in [0.29, 0.717) is 29.9 Å². The minimum Gasteiger partial charge on any atom is -0.492 e. The Morgan fingerprint density at radius 1 is 1.17 bits per heavy atom. The summed E-state index contributed by atoms with van der Waals surface area (Å²) in [5.74, 6) is 0.889. The van der Waals surface area contributed by atoms with E-state index in [9.17, 15) is 4.79 Å². The average Bonchev–Trinajstić information content (AvgIpc) is 2.63. The predicted octanol–water partition coefficient (Wildman–Crippen LogP) is 3.11. The number of aromatic amines is 1. The van der Waals surface area contributed by atoms with Gasteiger partial charge in [-0.05, 0) is 31.2 Å². The molecule has 5 nitrogen and oxygen atoms in total. The van der Waals surface area contributed by atoms with Crippen molar-refractivity contribution in [3.05, 3.63) is 52.8 Å². The number of para-hydroxylation sites is 2. The van der Waals surface area contributed by atoms with Gasteiger partial charge >= 0.3 is 0 Å². The number of anilines is 1. The van der Waals surface area contributed by atoms with Crippen LogP contribution in [0.1, 0.15) is 17.3 Å². The number of nitrogens with zero attached hydrogens (tertiary/aromatic N) is 2.